The Morgan fingerprint density at radius 2 is 1.74 bits per heavy atom. The van der Waals surface area contributed by atoms with Gasteiger partial charge in [0.1, 0.15) is 11.5 Å². The summed E-state index contributed by atoms with van der Waals surface area (Å²) in [7, 11) is -3.77. The number of rotatable bonds is 6. The van der Waals surface area contributed by atoms with E-state index in [-0.39, 0.29) is 22.7 Å². The zero-order valence-corrected chi connectivity index (χ0v) is 18.6. The second-order valence-electron chi connectivity index (χ2n) is 8.15. The van der Waals surface area contributed by atoms with Crippen LogP contribution in [0.1, 0.15) is 42.4 Å². The van der Waals surface area contributed by atoms with E-state index in [0.29, 0.717) is 11.3 Å². The van der Waals surface area contributed by atoms with Gasteiger partial charge >= 0.3 is 0 Å². The molecule has 2 N–H and O–H groups in total. The lowest BCUT2D eigenvalue weighted by atomic mass is 10.1. The number of nitrogens with one attached hydrogen (secondary N) is 2. The number of amides is 1. The summed E-state index contributed by atoms with van der Waals surface area (Å²) in [5.74, 6) is -0.887. The average Bonchev–Trinajstić information content (AvgIpc) is 3.06. The fourth-order valence-electron chi connectivity index (χ4n) is 3.14. The molecule has 0 saturated carbocycles. The Kier molecular flexibility index (Phi) is 6.28. The Balaban J connectivity index is 1.81. The van der Waals surface area contributed by atoms with E-state index in [9.17, 15) is 17.6 Å². The van der Waals surface area contributed by atoms with Gasteiger partial charge in [-0.2, -0.15) is 5.10 Å². The van der Waals surface area contributed by atoms with E-state index in [0.717, 1.165) is 0 Å². The number of nitrogens with zero attached hydrogens (tertiary/aromatic N) is 2. The Morgan fingerprint density at radius 3 is 2.42 bits per heavy atom. The van der Waals surface area contributed by atoms with Gasteiger partial charge in [0.05, 0.1) is 22.3 Å². The minimum absolute atomic E-state index is 0.00434. The average molecular weight is 445 g/mol. The van der Waals surface area contributed by atoms with Gasteiger partial charge in [0.25, 0.3) is 5.91 Å². The molecular formula is C22H25FN4O3S. The highest BCUT2D eigenvalue weighted by Gasteiger charge is 2.24. The second kappa shape index (κ2) is 8.60. The number of para-hydroxylation sites is 1. The number of benzene rings is 2. The standard InChI is InChI=1S/C22H25FN4O3S/c1-15-17(14-25-27(15)19-11-7-6-10-18(19)23)21(28)24-13-16-9-5-8-12-20(16)31(29,30)26-22(2,3)4/h5-12,14,26H,13H2,1-4H3,(H,24,28). The number of halogens is 1. The molecule has 0 atom stereocenters. The van der Waals surface area contributed by atoms with E-state index < -0.39 is 27.3 Å². The van der Waals surface area contributed by atoms with Crippen molar-refractivity contribution in [2.75, 3.05) is 0 Å². The maximum absolute atomic E-state index is 14.1. The minimum Gasteiger partial charge on any atom is -0.348 e. The first-order valence-electron chi connectivity index (χ1n) is 9.69. The van der Waals surface area contributed by atoms with Gasteiger partial charge in [-0.05, 0) is 51.5 Å². The molecule has 0 radical (unpaired) electrons. The molecule has 9 heteroatoms. The lowest BCUT2D eigenvalue weighted by molar-refractivity contribution is 0.0950. The van der Waals surface area contributed by atoms with Gasteiger partial charge in [-0.15, -0.1) is 0 Å². The number of sulfonamides is 1. The quantitative estimate of drug-likeness (QED) is 0.610. The Morgan fingerprint density at radius 1 is 1.10 bits per heavy atom. The predicted octanol–water partition coefficient (Wildman–Crippen LogP) is 3.33. The third kappa shape index (κ3) is 5.18. The van der Waals surface area contributed by atoms with Crippen LogP contribution in [0.25, 0.3) is 5.69 Å². The molecule has 7 nitrogen and oxygen atoms in total. The summed E-state index contributed by atoms with van der Waals surface area (Å²) < 4.78 is 43.6. The summed E-state index contributed by atoms with van der Waals surface area (Å²) in [5.41, 5.74) is 0.790. The first kappa shape index (κ1) is 22.6. The van der Waals surface area contributed by atoms with Crippen LogP contribution in [0.2, 0.25) is 0 Å². The normalized spacial score (nSPS) is 12.0. The SMILES string of the molecule is Cc1c(C(=O)NCc2ccccc2S(=O)(=O)NC(C)(C)C)cnn1-c1ccccc1F. The molecule has 1 aromatic heterocycles. The van der Waals surface area contributed by atoms with Gasteiger partial charge < -0.3 is 5.32 Å². The smallest absolute Gasteiger partial charge is 0.255 e. The molecular weight excluding hydrogens is 419 g/mol. The van der Waals surface area contributed by atoms with Crippen molar-refractivity contribution in [1.29, 1.82) is 0 Å². The molecule has 2 aromatic carbocycles. The molecule has 0 unspecified atom stereocenters. The summed E-state index contributed by atoms with van der Waals surface area (Å²) in [4.78, 5) is 12.8. The summed E-state index contributed by atoms with van der Waals surface area (Å²) >= 11 is 0. The maximum Gasteiger partial charge on any atom is 0.255 e. The highest BCUT2D eigenvalue weighted by atomic mass is 32.2. The summed E-state index contributed by atoms with van der Waals surface area (Å²) in [5, 5.41) is 6.86. The Hall–Kier alpha value is -3.04. The van der Waals surface area contributed by atoms with Crippen LogP contribution < -0.4 is 10.0 Å². The van der Waals surface area contributed by atoms with E-state index in [2.05, 4.69) is 15.1 Å². The first-order chi connectivity index (χ1) is 14.5. The van der Waals surface area contributed by atoms with E-state index in [1.54, 1.807) is 64.1 Å². The van der Waals surface area contributed by atoms with Crippen LogP contribution in [-0.2, 0) is 16.6 Å². The number of carbonyl (C=O) groups excluding carboxylic acids is 1. The topological polar surface area (TPSA) is 93.1 Å². The van der Waals surface area contributed by atoms with E-state index >= 15 is 0 Å². The maximum atomic E-state index is 14.1. The number of aromatic nitrogens is 2. The van der Waals surface area contributed by atoms with Crippen molar-refractivity contribution < 1.29 is 17.6 Å². The van der Waals surface area contributed by atoms with Gasteiger partial charge in [-0.3, -0.25) is 4.79 Å². The van der Waals surface area contributed by atoms with Crippen molar-refractivity contribution in [3.8, 4) is 5.69 Å². The highest BCUT2D eigenvalue weighted by molar-refractivity contribution is 7.89. The molecule has 0 aliphatic rings. The molecule has 0 saturated heterocycles. The van der Waals surface area contributed by atoms with Crippen molar-refractivity contribution >= 4 is 15.9 Å². The molecule has 0 aliphatic carbocycles. The Bertz CT molecular complexity index is 1210. The number of hydrogen-bond donors (Lipinski definition) is 2. The van der Waals surface area contributed by atoms with E-state index in [1.807, 2.05) is 0 Å². The van der Waals surface area contributed by atoms with Gasteiger partial charge in [-0.1, -0.05) is 30.3 Å². The van der Waals surface area contributed by atoms with Crippen molar-refractivity contribution in [3.63, 3.8) is 0 Å². The van der Waals surface area contributed by atoms with E-state index in [4.69, 9.17) is 0 Å². The van der Waals surface area contributed by atoms with Crippen LogP contribution in [0.4, 0.5) is 4.39 Å². The molecule has 164 valence electrons. The molecule has 1 amide bonds. The molecule has 0 bridgehead atoms. The summed E-state index contributed by atoms with van der Waals surface area (Å²) in [6, 6.07) is 12.6. The summed E-state index contributed by atoms with van der Waals surface area (Å²) in [6.45, 7) is 6.94. The lowest BCUT2D eigenvalue weighted by Gasteiger charge is -2.21. The van der Waals surface area contributed by atoms with Gasteiger partial charge in [0, 0.05) is 12.1 Å². The Labute approximate surface area is 181 Å². The lowest BCUT2D eigenvalue weighted by Crippen LogP contribution is -2.41. The fourth-order valence-corrected chi connectivity index (χ4v) is 4.80. The van der Waals surface area contributed by atoms with Crippen molar-refractivity contribution in [1.82, 2.24) is 19.8 Å². The molecule has 0 spiro atoms. The molecule has 31 heavy (non-hydrogen) atoms. The largest absolute Gasteiger partial charge is 0.348 e. The zero-order chi connectivity index (χ0) is 22.8. The van der Waals surface area contributed by atoms with Crippen LogP contribution in [0.15, 0.2) is 59.6 Å². The zero-order valence-electron chi connectivity index (χ0n) is 17.8. The number of carbonyl (C=O) groups is 1. The molecule has 3 aromatic rings. The molecule has 1 heterocycles. The summed E-state index contributed by atoms with van der Waals surface area (Å²) in [6.07, 6.45) is 1.36. The second-order valence-corrected chi connectivity index (χ2v) is 9.80. The predicted molar refractivity (Wildman–Crippen MR) is 116 cm³/mol. The monoisotopic (exact) mass is 444 g/mol. The fraction of sp³-hybridized carbons (Fsp3) is 0.273. The third-order valence-corrected chi connectivity index (χ3v) is 6.34. The van der Waals surface area contributed by atoms with Crippen LogP contribution in [-0.4, -0.2) is 29.6 Å². The van der Waals surface area contributed by atoms with Crippen LogP contribution in [0.3, 0.4) is 0 Å². The molecule has 0 aliphatic heterocycles. The van der Waals surface area contributed by atoms with Crippen LogP contribution >= 0.6 is 0 Å². The van der Waals surface area contributed by atoms with Crippen molar-refractivity contribution in [3.05, 3.63) is 77.4 Å². The highest BCUT2D eigenvalue weighted by Crippen LogP contribution is 2.19. The van der Waals surface area contributed by atoms with Crippen molar-refractivity contribution in [2.24, 2.45) is 0 Å². The third-order valence-electron chi connectivity index (χ3n) is 4.48. The van der Waals surface area contributed by atoms with Crippen LogP contribution in [0, 0.1) is 12.7 Å². The molecule has 0 fully saturated rings. The van der Waals surface area contributed by atoms with Crippen molar-refractivity contribution in [2.45, 2.75) is 44.7 Å². The van der Waals surface area contributed by atoms with Gasteiger partial charge in [0.2, 0.25) is 10.0 Å². The van der Waals surface area contributed by atoms with E-state index in [1.165, 1.54) is 23.0 Å². The van der Waals surface area contributed by atoms with Gasteiger partial charge in [0.15, 0.2) is 0 Å². The minimum atomic E-state index is -3.77. The molecule has 3 rings (SSSR count). The number of hydrogen-bond acceptors (Lipinski definition) is 4. The van der Waals surface area contributed by atoms with Gasteiger partial charge in [-0.25, -0.2) is 22.2 Å². The first-order valence-corrected chi connectivity index (χ1v) is 11.2. The van der Waals surface area contributed by atoms with Crippen LogP contribution in [0.5, 0.6) is 0 Å².